The van der Waals surface area contributed by atoms with E-state index < -0.39 is 0 Å². The van der Waals surface area contributed by atoms with E-state index >= 15 is 0 Å². The van der Waals surface area contributed by atoms with Crippen LogP contribution in [0.15, 0.2) is 54.6 Å². The summed E-state index contributed by atoms with van der Waals surface area (Å²) in [6.07, 6.45) is 0. The first-order valence-corrected chi connectivity index (χ1v) is 5.70. The number of aromatic nitrogens is 1. The van der Waals surface area contributed by atoms with Crippen molar-refractivity contribution in [2.75, 3.05) is 7.11 Å². The minimum absolute atomic E-state index is 0.263. The standard InChI is InChI=1S/C15H12FNO/c1-18-13-8-6-12(7-9-13)17-14-5-3-2-4-11(14)10-15(17)16/h2-10H,1H3. The highest BCUT2D eigenvalue weighted by molar-refractivity contribution is 5.82. The minimum Gasteiger partial charge on any atom is -0.497 e. The first kappa shape index (κ1) is 10.8. The van der Waals surface area contributed by atoms with Gasteiger partial charge in [-0.05, 0) is 30.3 Å². The summed E-state index contributed by atoms with van der Waals surface area (Å²) >= 11 is 0. The number of para-hydroxylation sites is 1. The number of methoxy groups -OCH3 is 1. The molecule has 0 amide bonds. The lowest BCUT2D eigenvalue weighted by atomic mass is 10.2. The Morgan fingerprint density at radius 1 is 1.00 bits per heavy atom. The molecule has 0 aliphatic heterocycles. The molecule has 0 saturated heterocycles. The van der Waals surface area contributed by atoms with Crippen molar-refractivity contribution in [3.05, 3.63) is 60.5 Å². The van der Waals surface area contributed by atoms with E-state index in [0.29, 0.717) is 0 Å². The Hall–Kier alpha value is -2.29. The van der Waals surface area contributed by atoms with Crippen LogP contribution < -0.4 is 4.74 Å². The number of halogens is 1. The van der Waals surface area contributed by atoms with Crippen molar-refractivity contribution < 1.29 is 9.13 Å². The quantitative estimate of drug-likeness (QED) is 0.666. The van der Waals surface area contributed by atoms with Crippen molar-refractivity contribution in [1.82, 2.24) is 4.57 Å². The molecule has 2 aromatic carbocycles. The van der Waals surface area contributed by atoms with Crippen LogP contribution >= 0.6 is 0 Å². The number of ether oxygens (including phenoxy) is 1. The lowest BCUT2D eigenvalue weighted by molar-refractivity contribution is 0.414. The molecule has 1 heterocycles. The van der Waals surface area contributed by atoms with Crippen LogP contribution in [0.3, 0.4) is 0 Å². The second-order valence-electron chi connectivity index (χ2n) is 4.06. The summed E-state index contributed by atoms with van der Waals surface area (Å²) in [7, 11) is 1.61. The van der Waals surface area contributed by atoms with Gasteiger partial charge in [0.25, 0.3) is 0 Å². The molecule has 90 valence electrons. The average Bonchev–Trinajstić information content (AvgIpc) is 2.75. The van der Waals surface area contributed by atoms with Gasteiger partial charge >= 0.3 is 0 Å². The Morgan fingerprint density at radius 3 is 2.44 bits per heavy atom. The fraction of sp³-hybridized carbons (Fsp3) is 0.0667. The second kappa shape index (κ2) is 4.18. The zero-order chi connectivity index (χ0) is 12.5. The number of fused-ring (bicyclic) bond motifs is 1. The molecular weight excluding hydrogens is 229 g/mol. The predicted molar refractivity (Wildman–Crippen MR) is 69.8 cm³/mol. The van der Waals surface area contributed by atoms with Crippen LogP contribution in [0, 0.1) is 5.95 Å². The minimum atomic E-state index is -0.263. The van der Waals surface area contributed by atoms with Crippen LogP contribution in [-0.4, -0.2) is 11.7 Å². The molecule has 2 nitrogen and oxygen atoms in total. The molecular formula is C15H12FNO. The summed E-state index contributed by atoms with van der Waals surface area (Å²) < 4.78 is 20.7. The van der Waals surface area contributed by atoms with E-state index in [4.69, 9.17) is 4.74 Å². The number of hydrogen-bond donors (Lipinski definition) is 0. The normalized spacial score (nSPS) is 10.8. The summed E-state index contributed by atoms with van der Waals surface area (Å²) in [5.74, 6) is 0.497. The molecule has 0 aliphatic rings. The third-order valence-corrected chi connectivity index (χ3v) is 3.00. The van der Waals surface area contributed by atoms with Crippen LogP contribution in [0.5, 0.6) is 5.75 Å². The van der Waals surface area contributed by atoms with Gasteiger partial charge in [0, 0.05) is 17.1 Å². The van der Waals surface area contributed by atoms with Crippen molar-refractivity contribution >= 4 is 10.9 Å². The van der Waals surface area contributed by atoms with Gasteiger partial charge in [-0.1, -0.05) is 18.2 Å². The molecule has 0 N–H and O–H groups in total. The van der Waals surface area contributed by atoms with Crippen LogP contribution in [0.2, 0.25) is 0 Å². The Kier molecular flexibility index (Phi) is 2.52. The smallest absolute Gasteiger partial charge is 0.199 e. The molecule has 0 atom stereocenters. The first-order valence-electron chi connectivity index (χ1n) is 5.70. The molecule has 0 aliphatic carbocycles. The van der Waals surface area contributed by atoms with Gasteiger partial charge in [0.1, 0.15) is 5.75 Å². The van der Waals surface area contributed by atoms with Crippen molar-refractivity contribution in [2.24, 2.45) is 0 Å². The molecule has 0 radical (unpaired) electrons. The molecule has 3 rings (SSSR count). The van der Waals surface area contributed by atoms with Crippen LogP contribution in [0.25, 0.3) is 16.6 Å². The highest BCUT2D eigenvalue weighted by atomic mass is 19.1. The Balaban J connectivity index is 2.20. The lowest BCUT2D eigenvalue weighted by Crippen LogP contribution is -1.96. The molecule has 0 fully saturated rings. The molecule has 0 saturated carbocycles. The van der Waals surface area contributed by atoms with Gasteiger partial charge in [-0.3, -0.25) is 4.57 Å². The summed E-state index contributed by atoms with van der Waals surface area (Å²) in [5.41, 5.74) is 1.65. The monoisotopic (exact) mass is 241 g/mol. The third-order valence-electron chi connectivity index (χ3n) is 3.00. The molecule has 0 bridgehead atoms. The Morgan fingerprint density at radius 2 is 1.72 bits per heavy atom. The maximum Gasteiger partial charge on any atom is 0.199 e. The summed E-state index contributed by atoms with van der Waals surface area (Å²) in [4.78, 5) is 0. The molecule has 0 unspecified atom stereocenters. The fourth-order valence-corrected chi connectivity index (χ4v) is 2.11. The van der Waals surface area contributed by atoms with E-state index in [1.54, 1.807) is 17.7 Å². The molecule has 0 spiro atoms. The van der Waals surface area contributed by atoms with E-state index in [-0.39, 0.29) is 5.95 Å². The van der Waals surface area contributed by atoms with Gasteiger partial charge in [-0.25, -0.2) is 0 Å². The summed E-state index contributed by atoms with van der Waals surface area (Å²) in [5, 5.41) is 0.894. The summed E-state index contributed by atoms with van der Waals surface area (Å²) in [6.45, 7) is 0. The van der Waals surface area contributed by atoms with Gasteiger partial charge in [0.2, 0.25) is 0 Å². The third kappa shape index (κ3) is 1.64. The zero-order valence-electron chi connectivity index (χ0n) is 9.93. The van der Waals surface area contributed by atoms with Gasteiger partial charge in [-0.15, -0.1) is 0 Å². The van der Waals surface area contributed by atoms with E-state index in [2.05, 4.69) is 0 Å². The molecule has 18 heavy (non-hydrogen) atoms. The molecule has 3 heteroatoms. The Labute approximate surface area is 104 Å². The SMILES string of the molecule is COc1ccc(-n2c(F)cc3ccccc32)cc1. The van der Waals surface area contributed by atoms with E-state index in [9.17, 15) is 4.39 Å². The zero-order valence-corrected chi connectivity index (χ0v) is 9.93. The fourth-order valence-electron chi connectivity index (χ4n) is 2.11. The van der Waals surface area contributed by atoms with Crippen LogP contribution in [0.4, 0.5) is 4.39 Å². The maximum atomic E-state index is 14.0. The van der Waals surface area contributed by atoms with Crippen LogP contribution in [0.1, 0.15) is 0 Å². The second-order valence-corrected chi connectivity index (χ2v) is 4.06. The highest BCUT2D eigenvalue weighted by Crippen LogP contribution is 2.24. The Bertz CT molecular complexity index is 685. The average molecular weight is 241 g/mol. The number of rotatable bonds is 2. The van der Waals surface area contributed by atoms with E-state index in [1.807, 2.05) is 48.5 Å². The largest absolute Gasteiger partial charge is 0.497 e. The molecule has 3 aromatic rings. The van der Waals surface area contributed by atoms with Crippen molar-refractivity contribution in [3.8, 4) is 11.4 Å². The number of nitrogens with zero attached hydrogens (tertiary/aromatic N) is 1. The predicted octanol–water partition coefficient (Wildman–Crippen LogP) is 3.78. The van der Waals surface area contributed by atoms with Gasteiger partial charge in [0.15, 0.2) is 5.95 Å². The van der Waals surface area contributed by atoms with Crippen LogP contribution in [-0.2, 0) is 0 Å². The van der Waals surface area contributed by atoms with Crippen molar-refractivity contribution in [3.63, 3.8) is 0 Å². The highest BCUT2D eigenvalue weighted by Gasteiger charge is 2.09. The van der Waals surface area contributed by atoms with E-state index in [1.165, 1.54) is 0 Å². The van der Waals surface area contributed by atoms with Crippen molar-refractivity contribution in [1.29, 1.82) is 0 Å². The van der Waals surface area contributed by atoms with Crippen molar-refractivity contribution in [2.45, 2.75) is 0 Å². The number of benzene rings is 2. The first-order chi connectivity index (χ1) is 8.79. The number of hydrogen-bond acceptors (Lipinski definition) is 1. The topological polar surface area (TPSA) is 14.2 Å². The van der Waals surface area contributed by atoms with E-state index in [0.717, 1.165) is 22.3 Å². The van der Waals surface area contributed by atoms with Gasteiger partial charge in [-0.2, -0.15) is 4.39 Å². The van der Waals surface area contributed by atoms with Gasteiger partial charge < -0.3 is 4.74 Å². The lowest BCUT2D eigenvalue weighted by Gasteiger charge is -2.07. The molecule has 1 aromatic heterocycles. The summed E-state index contributed by atoms with van der Waals surface area (Å²) in [6, 6.07) is 16.5. The van der Waals surface area contributed by atoms with Gasteiger partial charge in [0.05, 0.1) is 12.6 Å². The maximum absolute atomic E-state index is 14.0.